The van der Waals surface area contributed by atoms with Crippen LogP contribution < -0.4 is 5.73 Å². The number of aliphatic hydroxyl groups is 1. The molecule has 0 amide bonds. The number of hydrogen-bond donors (Lipinski definition) is 2. The van der Waals surface area contributed by atoms with E-state index >= 15 is 0 Å². The van der Waals surface area contributed by atoms with Crippen molar-refractivity contribution in [3.8, 4) is 0 Å². The number of nitrogens with zero attached hydrogens (tertiary/aromatic N) is 2. The van der Waals surface area contributed by atoms with Crippen LogP contribution in [0, 0.1) is 12.3 Å². The molecule has 4 heteroatoms. The number of hydrogen-bond acceptors (Lipinski definition) is 3. The van der Waals surface area contributed by atoms with Gasteiger partial charge >= 0.3 is 0 Å². The Labute approximate surface area is 114 Å². The zero-order chi connectivity index (χ0) is 14.0. The highest BCUT2D eigenvalue weighted by atomic mass is 16.3. The quantitative estimate of drug-likeness (QED) is 0.813. The van der Waals surface area contributed by atoms with E-state index in [1.165, 1.54) is 0 Å². The second-order valence-corrected chi connectivity index (χ2v) is 5.36. The predicted molar refractivity (Wildman–Crippen MR) is 79.0 cm³/mol. The number of benzene rings is 1. The minimum absolute atomic E-state index is 0.0697. The topological polar surface area (TPSA) is 64.1 Å². The minimum atomic E-state index is -0.0697. The predicted octanol–water partition coefficient (Wildman–Crippen LogP) is 2.73. The molecule has 19 heavy (non-hydrogen) atoms. The van der Waals surface area contributed by atoms with E-state index in [1.54, 1.807) is 0 Å². The van der Waals surface area contributed by atoms with Crippen LogP contribution in [-0.4, -0.2) is 21.3 Å². The second-order valence-electron chi connectivity index (χ2n) is 5.36. The maximum Gasteiger partial charge on any atom is 0.106 e. The first-order chi connectivity index (χ1) is 9.05. The number of imidazole rings is 1. The van der Waals surface area contributed by atoms with Crippen molar-refractivity contribution in [3.05, 3.63) is 24.0 Å². The summed E-state index contributed by atoms with van der Waals surface area (Å²) < 4.78 is 2.19. The van der Waals surface area contributed by atoms with E-state index in [1.807, 2.05) is 25.1 Å². The van der Waals surface area contributed by atoms with Gasteiger partial charge in [0.05, 0.1) is 17.6 Å². The van der Waals surface area contributed by atoms with Crippen LogP contribution in [0.4, 0.5) is 5.69 Å². The van der Waals surface area contributed by atoms with Gasteiger partial charge < -0.3 is 15.4 Å². The summed E-state index contributed by atoms with van der Waals surface area (Å²) >= 11 is 0. The zero-order valence-corrected chi connectivity index (χ0v) is 12.0. The lowest BCUT2D eigenvalue weighted by atomic mass is 9.83. The third-order valence-corrected chi connectivity index (χ3v) is 4.29. The number of rotatable bonds is 5. The van der Waals surface area contributed by atoms with Crippen molar-refractivity contribution in [3.63, 3.8) is 0 Å². The highest BCUT2D eigenvalue weighted by Crippen LogP contribution is 2.30. The molecule has 0 unspecified atom stereocenters. The Kier molecular flexibility index (Phi) is 3.80. The zero-order valence-electron chi connectivity index (χ0n) is 12.0. The lowest BCUT2D eigenvalue weighted by Gasteiger charge is -2.30. The van der Waals surface area contributed by atoms with E-state index in [2.05, 4.69) is 23.4 Å². The minimum Gasteiger partial charge on any atom is -0.399 e. The molecule has 3 N–H and O–H groups in total. The van der Waals surface area contributed by atoms with Gasteiger partial charge in [-0.2, -0.15) is 0 Å². The van der Waals surface area contributed by atoms with Gasteiger partial charge in [-0.1, -0.05) is 13.8 Å². The fourth-order valence-corrected chi connectivity index (χ4v) is 2.55. The van der Waals surface area contributed by atoms with Crippen LogP contribution >= 0.6 is 0 Å². The Morgan fingerprint density at radius 1 is 1.32 bits per heavy atom. The van der Waals surface area contributed by atoms with Gasteiger partial charge in [0.15, 0.2) is 0 Å². The summed E-state index contributed by atoms with van der Waals surface area (Å²) in [7, 11) is 0. The van der Waals surface area contributed by atoms with E-state index < -0.39 is 0 Å². The van der Waals surface area contributed by atoms with Gasteiger partial charge in [0, 0.05) is 17.6 Å². The fourth-order valence-electron chi connectivity index (χ4n) is 2.55. The molecule has 0 saturated heterocycles. The summed E-state index contributed by atoms with van der Waals surface area (Å²) in [6.45, 7) is 7.26. The lowest BCUT2D eigenvalue weighted by Crippen LogP contribution is -2.30. The van der Waals surface area contributed by atoms with Crippen molar-refractivity contribution in [2.24, 2.45) is 5.41 Å². The molecule has 104 valence electrons. The lowest BCUT2D eigenvalue weighted by molar-refractivity contribution is 0.0964. The third-order valence-electron chi connectivity index (χ3n) is 4.29. The standard InChI is InChI=1S/C15H23N3O/c1-4-15(5-2,10-19)9-18-11(3)17-13-8-12(16)6-7-14(13)18/h6-8,19H,4-5,9-10,16H2,1-3H3. The van der Waals surface area contributed by atoms with Gasteiger partial charge in [-0.25, -0.2) is 4.98 Å². The Balaban J connectivity index is 2.47. The first kappa shape index (κ1) is 13.9. The van der Waals surface area contributed by atoms with Gasteiger partial charge in [-0.05, 0) is 38.0 Å². The number of aliphatic hydroxyl groups excluding tert-OH is 1. The largest absolute Gasteiger partial charge is 0.399 e. The molecule has 0 aliphatic rings. The van der Waals surface area contributed by atoms with Crippen LogP contribution in [0.25, 0.3) is 11.0 Å². The molecule has 0 fully saturated rings. The normalized spacial score (nSPS) is 12.2. The van der Waals surface area contributed by atoms with Gasteiger partial charge in [0.25, 0.3) is 0 Å². The van der Waals surface area contributed by atoms with Gasteiger partial charge in [-0.3, -0.25) is 0 Å². The molecule has 1 aromatic carbocycles. The summed E-state index contributed by atoms with van der Waals surface area (Å²) in [4.78, 5) is 4.56. The fraction of sp³-hybridized carbons (Fsp3) is 0.533. The summed E-state index contributed by atoms with van der Waals surface area (Å²) in [6.07, 6.45) is 1.90. The summed E-state index contributed by atoms with van der Waals surface area (Å²) in [5.74, 6) is 0.973. The molecule has 0 atom stereocenters. The molecule has 1 heterocycles. The molecule has 0 aliphatic carbocycles. The van der Waals surface area contributed by atoms with Crippen molar-refractivity contribution in [1.82, 2.24) is 9.55 Å². The highest BCUT2D eigenvalue weighted by Gasteiger charge is 2.27. The molecule has 2 rings (SSSR count). The van der Waals surface area contributed by atoms with Crippen molar-refractivity contribution >= 4 is 16.7 Å². The van der Waals surface area contributed by atoms with E-state index in [-0.39, 0.29) is 12.0 Å². The monoisotopic (exact) mass is 261 g/mol. The Bertz CT molecular complexity index is 562. The summed E-state index contributed by atoms with van der Waals surface area (Å²) in [5.41, 5.74) is 8.48. The Hall–Kier alpha value is -1.55. The first-order valence-corrected chi connectivity index (χ1v) is 6.88. The van der Waals surface area contributed by atoms with Gasteiger partial charge in [0.2, 0.25) is 0 Å². The molecule has 2 aromatic rings. The number of nitrogen functional groups attached to an aromatic ring is 1. The average Bonchev–Trinajstić information content (AvgIpc) is 2.71. The van der Waals surface area contributed by atoms with E-state index in [4.69, 9.17) is 5.73 Å². The molecular weight excluding hydrogens is 238 g/mol. The van der Waals surface area contributed by atoms with Gasteiger partial charge in [0.1, 0.15) is 5.82 Å². The highest BCUT2D eigenvalue weighted by molar-refractivity contribution is 5.79. The summed E-state index contributed by atoms with van der Waals surface area (Å²) in [5, 5.41) is 9.73. The maximum atomic E-state index is 9.73. The first-order valence-electron chi connectivity index (χ1n) is 6.88. The number of aromatic nitrogens is 2. The van der Waals surface area contributed by atoms with Crippen molar-refractivity contribution in [2.75, 3.05) is 12.3 Å². The van der Waals surface area contributed by atoms with E-state index in [9.17, 15) is 5.11 Å². The molecule has 4 nitrogen and oxygen atoms in total. The van der Waals surface area contributed by atoms with Crippen LogP contribution in [0.1, 0.15) is 32.5 Å². The van der Waals surface area contributed by atoms with Crippen LogP contribution in [0.2, 0.25) is 0 Å². The van der Waals surface area contributed by atoms with Crippen LogP contribution in [0.15, 0.2) is 18.2 Å². The summed E-state index contributed by atoms with van der Waals surface area (Å²) in [6, 6.07) is 5.81. The van der Waals surface area contributed by atoms with E-state index in [0.29, 0.717) is 0 Å². The SMILES string of the molecule is CCC(CC)(CO)Cn1c(C)nc2cc(N)ccc21. The third kappa shape index (κ3) is 2.45. The molecule has 0 bridgehead atoms. The van der Waals surface area contributed by atoms with Crippen LogP contribution in [0.5, 0.6) is 0 Å². The van der Waals surface area contributed by atoms with Crippen LogP contribution in [-0.2, 0) is 6.54 Å². The number of aryl methyl sites for hydroxylation is 1. The molecule has 0 saturated carbocycles. The molecule has 0 radical (unpaired) electrons. The number of nitrogens with two attached hydrogens (primary N) is 1. The van der Waals surface area contributed by atoms with Crippen LogP contribution in [0.3, 0.4) is 0 Å². The number of anilines is 1. The van der Waals surface area contributed by atoms with E-state index in [0.717, 1.165) is 41.9 Å². The van der Waals surface area contributed by atoms with Crippen molar-refractivity contribution in [2.45, 2.75) is 40.2 Å². The smallest absolute Gasteiger partial charge is 0.106 e. The van der Waals surface area contributed by atoms with Gasteiger partial charge in [-0.15, -0.1) is 0 Å². The molecule has 1 aromatic heterocycles. The second kappa shape index (κ2) is 5.21. The Morgan fingerprint density at radius 3 is 2.58 bits per heavy atom. The number of fused-ring (bicyclic) bond motifs is 1. The maximum absolute atomic E-state index is 9.73. The molecule has 0 aliphatic heterocycles. The average molecular weight is 261 g/mol. The molecule has 0 spiro atoms. The molecular formula is C15H23N3O. The van der Waals surface area contributed by atoms with Crippen molar-refractivity contribution < 1.29 is 5.11 Å². The Morgan fingerprint density at radius 2 is 2.00 bits per heavy atom. The van der Waals surface area contributed by atoms with Crippen molar-refractivity contribution in [1.29, 1.82) is 0 Å².